The summed E-state index contributed by atoms with van der Waals surface area (Å²) in [5.74, 6) is 0.423. The number of carbonyl (C=O) groups is 1. The fourth-order valence-electron chi connectivity index (χ4n) is 1.60. The first-order chi connectivity index (χ1) is 8.08. The molecule has 0 fully saturated rings. The lowest BCUT2D eigenvalue weighted by Gasteiger charge is -2.06. The van der Waals surface area contributed by atoms with E-state index in [0.29, 0.717) is 5.95 Å². The Morgan fingerprint density at radius 3 is 2.88 bits per heavy atom. The lowest BCUT2D eigenvalue weighted by Crippen LogP contribution is -2.10. The van der Waals surface area contributed by atoms with Crippen molar-refractivity contribution < 1.29 is 4.79 Å². The second kappa shape index (κ2) is 4.71. The highest BCUT2D eigenvalue weighted by Crippen LogP contribution is 2.24. The number of hydrogen-bond acceptors (Lipinski definition) is 2. The van der Waals surface area contributed by atoms with E-state index in [1.54, 1.807) is 6.20 Å². The van der Waals surface area contributed by atoms with Crippen LogP contribution in [0.3, 0.4) is 0 Å². The molecule has 1 N–H and O–H groups in total. The SMILES string of the molecule is CC(=O)Nc1ncc(-c2cccc(Br)c2)n1C. The van der Waals surface area contributed by atoms with Gasteiger partial charge in [-0.1, -0.05) is 28.1 Å². The Bertz CT molecular complexity index is 563. The zero-order valence-corrected chi connectivity index (χ0v) is 11.2. The molecule has 1 heterocycles. The molecule has 0 aliphatic heterocycles. The predicted octanol–water partition coefficient (Wildman–Crippen LogP) is 2.81. The molecule has 0 aliphatic rings. The molecule has 88 valence electrons. The zero-order valence-electron chi connectivity index (χ0n) is 9.57. The summed E-state index contributed by atoms with van der Waals surface area (Å²) in [6, 6.07) is 7.94. The first-order valence-corrected chi connectivity index (χ1v) is 5.92. The fraction of sp³-hybridized carbons (Fsp3) is 0.167. The highest BCUT2D eigenvalue weighted by atomic mass is 79.9. The minimum atomic E-state index is -0.125. The Morgan fingerprint density at radius 1 is 1.47 bits per heavy atom. The van der Waals surface area contributed by atoms with Crippen LogP contribution in [-0.4, -0.2) is 15.5 Å². The van der Waals surface area contributed by atoms with Crippen molar-refractivity contribution in [2.45, 2.75) is 6.92 Å². The summed E-state index contributed by atoms with van der Waals surface area (Å²) in [6.07, 6.45) is 1.74. The molecule has 1 aromatic heterocycles. The normalized spacial score (nSPS) is 10.3. The van der Waals surface area contributed by atoms with Crippen LogP contribution >= 0.6 is 15.9 Å². The molecule has 4 nitrogen and oxygen atoms in total. The van der Waals surface area contributed by atoms with E-state index in [0.717, 1.165) is 15.7 Å². The molecule has 17 heavy (non-hydrogen) atoms. The van der Waals surface area contributed by atoms with Crippen LogP contribution in [0.15, 0.2) is 34.9 Å². The number of hydrogen-bond donors (Lipinski definition) is 1. The van der Waals surface area contributed by atoms with Crippen LogP contribution in [0.2, 0.25) is 0 Å². The van der Waals surface area contributed by atoms with E-state index in [1.807, 2.05) is 35.9 Å². The average Bonchev–Trinajstić information content (AvgIpc) is 2.60. The van der Waals surface area contributed by atoms with Gasteiger partial charge in [0.15, 0.2) is 0 Å². The molecule has 1 amide bonds. The van der Waals surface area contributed by atoms with E-state index in [1.165, 1.54) is 6.92 Å². The molecular weight excluding hydrogens is 282 g/mol. The van der Waals surface area contributed by atoms with Crippen LogP contribution in [0.5, 0.6) is 0 Å². The van der Waals surface area contributed by atoms with Crippen molar-refractivity contribution in [3.63, 3.8) is 0 Å². The van der Waals surface area contributed by atoms with Crippen LogP contribution in [0.25, 0.3) is 11.3 Å². The van der Waals surface area contributed by atoms with Crippen molar-refractivity contribution >= 4 is 27.8 Å². The number of carbonyl (C=O) groups excluding carboxylic acids is 1. The molecule has 2 aromatic rings. The Morgan fingerprint density at radius 2 is 2.24 bits per heavy atom. The molecule has 1 aromatic carbocycles. The number of amides is 1. The van der Waals surface area contributed by atoms with Gasteiger partial charge >= 0.3 is 0 Å². The van der Waals surface area contributed by atoms with Crippen LogP contribution < -0.4 is 5.32 Å². The predicted molar refractivity (Wildman–Crippen MR) is 70.6 cm³/mol. The van der Waals surface area contributed by atoms with Crippen molar-refractivity contribution in [2.24, 2.45) is 7.05 Å². The summed E-state index contributed by atoms with van der Waals surface area (Å²) < 4.78 is 2.86. The van der Waals surface area contributed by atoms with E-state index < -0.39 is 0 Å². The monoisotopic (exact) mass is 293 g/mol. The third kappa shape index (κ3) is 2.55. The summed E-state index contributed by atoms with van der Waals surface area (Å²) >= 11 is 3.43. The van der Waals surface area contributed by atoms with Crippen LogP contribution in [0.4, 0.5) is 5.95 Å². The van der Waals surface area contributed by atoms with Crippen molar-refractivity contribution in [1.82, 2.24) is 9.55 Å². The standard InChI is InChI=1S/C12H12BrN3O/c1-8(17)15-12-14-7-11(16(12)2)9-4-3-5-10(13)6-9/h3-7H,1-2H3,(H,14,15,17). The topological polar surface area (TPSA) is 46.9 Å². The average molecular weight is 294 g/mol. The molecule has 0 saturated heterocycles. The Kier molecular flexibility index (Phi) is 3.28. The first kappa shape index (κ1) is 11.9. The molecule has 0 aliphatic carbocycles. The van der Waals surface area contributed by atoms with Crippen LogP contribution in [0.1, 0.15) is 6.92 Å². The van der Waals surface area contributed by atoms with Crippen LogP contribution in [0, 0.1) is 0 Å². The maximum atomic E-state index is 11.0. The Labute approximate surface area is 108 Å². The molecule has 0 atom stereocenters. The van der Waals surface area contributed by atoms with Gasteiger partial charge < -0.3 is 4.57 Å². The quantitative estimate of drug-likeness (QED) is 0.925. The summed E-state index contributed by atoms with van der Waals surface area (Å²) in [7, 11) is 1.87. The molecule has 0 spiro atoms. The van der Waals surface area contributed by atoms with Gasteiger partial charge in [0.1, 0.15) is 0 Å². The van der Waals surface area contributed by atoms with Gasteiger partial charge in [-0.25, -0.2) is 4.98 Å². The van der Waals surface area contributed by atoms with E-state index >= 15 is 0 Å². The number of nitrogens with zero attached hydrogens (tertiary/aromatic N) is 2. The van der Waals surface area contributed by atoms with Gasteiger partial charge in [0.25, 0.3) is 0 Å². The summed E-state index contributed by atoms with van der Waals surface area (Å²) in [5.41, 5.74) is 2.00. The molecule has 2 rings (SSSR count). The number of anilines is 1. The minimum absolute atomic E-state index is 0.125. The fourth-order valence-corrected chi connectivity index (χ4v) is 2.00. The Balaban J connectivity index is 2.40. The van der Waals surface area contributed by atoms with Gasteiger partial charge in [0.2, 0.25) is 11.9 Å². The summed E-state index contributed by atoms with van der Waals surface area (Å²) in [6.45, 7) is 1.47. The van der Waals surface area contributed by atoms with Gasteiger partial charge in [0, 0.05) is 24.0 Å². The second-order valence-corrected chi connectivity index (χ2v) is 4.63. The van der Waals surface area contributed by atoms with Gasteiger partial charge in [-0.15, -0.1) is 0 Å². The lowest BCUT2D eigenvalue weighted by atomic mass is 10.2. The largest absolute Gasteiger partial charge is 0.313 e. The van der Waals surface area contributed by atoms with Crippen molar-refractivity contribution in [2.75, 3.05) is 5.32 Å². The minimum Gasteiger partial charge on any atom is -0.313 e. The Hall–Kier alpha value is -1.62. The van der Waals surface area contributed by atoms with E-state index in [-0.39, 0.29) is 5.91 Å². The lowest BCUT2D eigenvalue weighted by molar-refractivity contribution is -0.114. The number of nitrogens with one attached hydrogen (secondary N) is 1. The second-order valence-electron chi connectivity index (χ2n) is 3.72. The molecule has 5 heteroatoms. The number of imidazole rings is 1. The third-order valence-corrected chi connectivity index (χ3v) is 2.89. The summed E-state index contributed by atoms with van der Waals surface area (Å²) in [4.78, 5) is 15.2. The number of halogens is 1. The van der Waals surface area contributed by atoms with Gasteiger partial charge in [-0.3, -0.25) is 10.1 Å². The molecule has 0 radical (unpaired) electrons. The highest BCUT2D eigenvalue weighted by molar-refractivity contribution is 9.10. The first-order valence-electron chi connectivity index (χ1n) is 5.13. The van der Waals surface area contributed by atoms with Crippen LogP contribution in [-0.2, 0) is 11.8 Å². The van der Waals surface area contributed by atoms with E-state index in [2.05, 4.69) is 26.2 Å². The maximum Gasteiger partial charge on any atom is 0.223 e. The van der Waals surface area contributed by atoms with Crippen molar-refractivity contribution in [3.8, 4) is 11.3 Å². The molecule has 0 bridgehead atoms. The van der Waals surface area contributed by atoms with Gasteiger partial charge in [-0.2, -0.15) is 0 Å². The summed E-state index contributed by atoms with van der Waals surface area (Å²) in [5, 5.41) is 2.68. The zero-order chi connectivity index (χ0) is 12.4. The van der Waals surface area contributed by atoms with Crippen molar-refractivity contribution in [1.29, 1.82) is 0 Å². The number of aromatic nitrogens is 2. The van der Waals surface area contributed by atoms with E-state index in [9.17, 15) is 4.79 Å². The molecule has 0 unspecified atom stereocenters. The van der Waals surface area contributed by atoms with Gasteiger partial charge in [-0.05, 0) is 12.1 Å². The smallest absolute Gasteiger partial charge is 0.223 e. The number of rotatable bonds is 2. The highest BCUT2D eigenvalue weighted by Gasteiger charge is 2.09. The third-order valence-electron chi connectivity index (χ3n) is 2.40. The number of benzene rings is 1. The maximum absolute atomic E-state index is 11.0. The van der Waals surface area contributed by atoms with Crippen molar-refractivity contribution in [3.05, 3.63) is 34.9 Å². The molecular formula is C12H12BrN3O. The van der Waals surface area contributed by atoms with E-state index in [4.69, 9.17) is 0 Å². The molecule has 0 saturated carbocycles. The van der Waals surface area contributed by atoms with Gasteiger partial charge in [0.05, 0.1) is 11.9 Å².